The molecule has 0 aliphatic heterocycles. The summed E-state index contributed by atoms with van der Waals surface area (Å²) in [4.78, 5) is 16.7. The number of hydrogen-bond donors (Lipinski definition) is 0. The summed E-state index contributed by atoms with van der Waals surface area (Å²) in [6.07, 6.45) is -4.45. The molecule has 34 heavy (non-hydrogen) atoms. The molecule has 0 spiro atoms. The van der Waals surface area contributed by atoms with E-state index in [1.54, 1.807) is 12.1 Å². The Morgan fingerprint density at radius 1 is 1.09 bits per heavy atom. The van der Waals surface area contributed by atoms with Gasteiger partial charge in [0, 0.05) is 25.1 Å². The number of Topliss-reactive ketones (excluding diaryl/α,β-unsaturated/α-hetero) is 1. The lowest BCUT2D eigenvalue weighted by atomic mass is 9.96. The van der Waals surface area contributed by atoms with E-state index in [9.17, 15) is 18.0 Å². The van der Waals surface area contributed by atoms with Crippen molar-refractivity contribution in [3.8, 4) is 17.1 Å². The molecule has 0 fully saturated rings. The van der Waals surface area contributed by atoms with Crippen LogP contribution in [0, 0.1) is 6.92 Å². The fraction of sp³-hybridized carbons (Fsp3) is 0.269. The molecule has 0 aliphatic rings. The molecule has 0 amide bonds. The molecular weight excluding hydrogens is 443 g/mol. The highest BCUT2D eigenvalue weighted by atomic mass is 19.4. The van der Waals surface area contributed by atoms with E-state index >= 15 is 0 Å². The molecule has 1 atom stereocenters. The highest BCUT2D eigenvalue weighted by Gasteiger charge is 2.36. The van der Waals surface area contributed by atoms with Crippen molar-refractivity contribution in [1.29, 1.82) is 0 Å². The normalized spacial score (nSPS) is 12.6. The third kappa shape index (κ3) is 4.95. The first-order valence-corrected chi connectivity index (χ1v) is 10.8. The van der Waals surface area contributed by atoms with Gasteiger partial charge in [-0.3, -0.25) is 4.79 Å². The van der Waals surface area contributed by atoms with Gasteiger partial charge in [0.25, 0.3) is 0 Å². The van der Waals surface area contributed by atoms with Gasteiger partial charge in [0.05, 0.1) is 10.9 Å². The minimum atomic E-state index is -4.66. The van der Waals surface area contributed by atoms with Crippen LogP contribution in [0.4, 0.5) is 13.2 Å². The number of alkyl halides is 3. The molecule has 0 saturated heterocycles. The van der Waals surface area contributed by atoms with Crippen molar-refractivity contribution >= 4 is 16.8 Å². The van der Waals surface area contributed by atoms with Gasteiger partial charge in [0.15, 0.2) is 11.4 Å². The minimum absolute atomic E-state index is 0.0329. The highest BCUT2D eigenvalue weighted by molar-refractivity contribution is 5.94. The molecule has 0 unspecified atom stereocenters. The fourth-order valence-electron chi connectivity index (χ4n) is 3.89. The summed E-state index contributed by atoms with van der Waals surface area (Å²) in [6.45, 7) is 3.45. The van der Waals surface area contributed by atoms with Crippen LogP contribution >= 0.6 is 0 Å². The van der Waals surface area contributed by atoms with Gasteiger partial charge in [-0.2, -0.15) is 23.3 Å². The summed E-state index contributed by atoms with van der Waals surface area (Å²) >= 11 is 0. The summed E-state index contributed by atoms with van der Waals surface area (Å²) < 4.78 is 48.8. The lowest BCUT2D eigenvalue weighted by Crippen LogP contribution is -2.15. The summed E-state index contributed by atoms with van der Waals surface area (Å²) in [5, 5.41) is 4.20. The first-order valence-electron chi connectivity index (χ1n) is 10.8. The molecule has 0 aliphatic carbocycles. The zero-order valence-electron chi connectivity index (χ0n) is 19.1. The number of hydrogen-bond acceptors (Lipinski definition) is 4. The predicted octanol–water partition coefficient (Wildman–Crippen LogP) is 6.10. The number of rotatable bonds is 7. The van der Waals surface area contributed by atoms with E-state index in [-0.39, 0.29) is 47.3 Å². The van der Waals surface area contributed by atoms with Gasteiger partial charge >= 0.3 is 6.18 Å². The maximum atomic E-state index is 14.0. The van der Waals surface area contributed by atoms with Crippen molar-refractivity contribution in [3.63, 3.8) is 0 Å². The molecule has 0 saturated carbocycles. The number of ketones is 1. The van der Waals surface area contributed by atoms with Crippen LogP contribution < -0.4 is 4.74 Å². The third-order valence-electron chi connectivity index (χ3n) is 5.68. The number of benzene rings is 2. The zero-order chi connectivity index (χ0) is 24.5. The Hall–Kier alpha value is -3.68. The summed E-state index contributed by atoms with van der Waals surface area (Å²) in [7, 11) is 1.53. The number of fused-ring (bicyclic) bond motifs is 1. The van der Waals surface area contributed by atoms with E-state index in [1.807, 2.05) is 56.3 Å². The second-order valence-electron chi connectivity index (χ2n) is 8.39. The van der Waals surface area contributed by atoms with Crippen LogP contribution in [0.1, 0.15) is 36.0 Å². The Morgan fingerprint density at radius 2 is 1.76 bits per heavy atom. The van der Waals surface area contributed by atoms with Gasteiger partial charge in [-0.1, -0.05) is 67.1 Å². The summed E-state index contributed by atoms with van der Waals surface area (Å²) in [6, 6.07) is 17.5. The molecule has 2 heterocycles. The van der Waals surface area contributed by atoms with Gasteiger partial charge in [-0.15, -0.1) is 0 Å². The van der Waals surface area contributed by atoms with E-state index in [4.69, 9.17) is 4.74 Å². The van der Waals surface area contributed by atoms with Gasteiger partial charge < -0.3 is 4.74 Å². The average molecular weight is 467 g/mol. The molecule has 0 N–H and O–H groups in total. The molecule has 176 valence electrons. The first-order chi connectivity index (χ1) is 16.1. The van der Waals surface area contributed by atoms with E-state index in [0.29, 0.717) is 5.56 Å². The molecular formula is C26H24F3N3O2. The molecule has 8 heteroatoms. The molecule has 2 aromatic heterocycles. The van der Waals surface area contributed by atoms with Crippen molar-refractivity contribution in [2.24, 2.45) is 7.05 Å². The number of nitrogens with zero attached hydrogens (tertiary/aromatic N) is 3. The zero-order valence-corrected chi connectivity index (χ0v) is 19.1. The number of halogens is 3. The van der Waals surface area contributed by atoms with Crippen molar-refractivity contribution in [2.45, 2.75) is 32.4 Å². The third-order valence-corrected chi connectivity index (χ3v) is 5.68. The number of aryl methyl sites for hydroxylation is 2. The Labute approximate surface area is 195 Å². The van der Waals surface area contributed by atoms with Crippen LogP contribution in [-0.4, -0.2) is 27.2 Å². The van der Waals surface area contributed by atoms with Gasteiger partial charge in [-0.05, 0) is 18.4 Å². The maximum Gasteiger partial charge on any atom is 0.417 e. The van der Waals surface area contributed by atoms with Crippen LogP contribution in [0.15, 0.2) is 60.7 Å². The predicted molar refractivity (Wildman–Crippen MR) is 124 cm³/mol. The number of carbonyl (C=O) groups excluding carboxylic acids is 1. The SMILES string of the molecule is Cc1ccc(-c2nn(C)c3nc(OCC(=O)C[C@@H](C)c4ccccc4)cc(C(F)(F)F)c23)cc1. The largest absolute Gasteiger partial charge is 0.470 e. The molecule has 2 aromatic carbocycles. The van der Waals surface area contributed by atoms with Gasteiger partial charge in [-0.25, -0.2) is 4.68 Å². The molecule has 0 bridgehead atoms. The summed E-state index contributed by atoms with van der Waals surface area (Å²) in [5.41, 5.74) is 1.87. The first kappa shape index (κ1) is 23.5. The average Bonchev–Trinajstić information content (AvgIpc) is 3.14. The monoisotopic (exact) mass is 467 g/mol. The standard InChI is InChI=1S/C26H24F3N3O2/c1-16-9-11-19(12-10-16)24-23-21(26(27,28)29)14-22(30-25(23)32(3)31-24)34-15-20(33)13-17(2)18-7-5-4-6-8-18/h4-12,14,17H,13,15H2,1-3H3/t17-/m1/s1. The van der Waals surface area contributed by atoms with Crippen LogP contribution in [0.5, 0.6) is 5.88 Å². The van der Waals surface area contributed by atoms with Crippen molar-refractivity contribution < 1.29 is 22.7 Å². The number of ether oxygens (including phenoxy) is 1. The molecule has 4 rings (SSSR count). The Balaban J connectivity index is 1.62. The topological polar surface area (TPSA) is 57.0 Å². The van der Waals surface area contributed by atoms with Crippen molar-refractivity contribution in [1.82, 2.24) is 14.8 Å². The van der Waals surface area contributed by atoms with Crippen LogP contribution in [0.3, 0.4) is 0 Å². The fourth-order valence-corrected chi connectivity index (χ4v) is 3.89. The Kier molecular flexibility index (Phi) is 6.41. The van der Waals surface area contributed by atoms with Gasteiger partial charge in [0.2, 0.25) is 5.88 Å². The van der Waals surface area contributed by atoms with Crippen LogP contribution in [0.2, 0.25) is 0 Å². The quantitative estimate of drug-likeness (QED) is 0.329. The number of carbonyl (C=O) groups is 1. The van der Waals surface area contributed by atoms with Gasteiger partial charge in [0.1, 0.15) is 12.3 Å². The lowest BCUT2D eigenvalue weighted by Gasteiger charge is -2.13. The van der Waals surface area contributed by atoms with E-state index in [2.05, 4.69) is 10.1 Å². The molecule has 5 nitrogen and oxygen atoms in total. The van der Waals surface area contributed by atoms with E-state index in [0.717, 1.165) is 17.2 Å². The molecule has 0 radical (unpaired) electrons. The second-order valence-corrected chi connectivity index (χ2v) is 8.39. The number of aromatic nitrogens is 3. The van der Waals surface area contributed by atoms with E-state index < -0.39 is 11.7 Å². The number of pyridine rings is 1. The lowest BCUT2D eigenvalue weighted by molar-refractivity contribution is -0.136. The Bertz CT molecular complexity index is 1310. The Morgan fingerprint density at radius 3 is 2.41 bits per heavy atom. The second kappa shape index (κ2) is 9.29. The van der Waals surface area contributed by atoms with Crippen molar-refractivity contribution in [3.05, 3.63) is 77.4 Å². The smallest absolute Gasteiger partial charge is 0.417 e. The van der Waals surface area contributed by atoms with Crippen LogP contribution in [-0.2, 0) is 18.0 Å². The van der Waals surface area contributed by atoms with Crippen molar-refractivity contribution in [2.75, 3.05) is 6.61 Å². The van der Waals surface area contributed by atoms with Crippen LogP contribution in [0.25, 0.3) is 22.3 Å². The highest BCUT2D eigenvalue weighted by Crippen LogP contribution is 2.40. The summed E-state index contributed by atoms with van der Waals surface area (Å²) in [5.74, 6) is -0.524. The molecule has 4 aromatic rings. The van der Waals surface area contributed by atoms with E-state index in [1.165, 1.54) is 11.7 Å². The maximum absolute atomic E-state index is 14.0. The minimum Gasteiger partial charge on any atom is -0.470 e.